The molecule has 0 bridgehead atoms. The molecule has 19 heavy (non-hydrogen) atoms. The van der Waals surface area contributed by atoms with E-state index in [9.17, 15) is 5.26 Å². The van der Waals surface area contributed by atoms with Crippen LogP contribution in [0.3, 0.4) is 0 Å². The Kier molecular flexibility index (Phi) is 6.35. The largest absolute Gasteiger partial charge is 0.198 e. The van der Waals surface area contributed by atoms with Gasteiger partial charge in [0.15, 0.2) is 0 Å². The molecule has 106 valence electrons. The second kappa shape index (κ2) is 7.53. The van der Waals surface area contributed by atoms with Gasteiger partial charge in [0.1, 0.15) is 0 Å². The average molecular weight is 259 g/mol. The summed E-state index contributed by atoms with van der Waals surface area (Å²) in [4.78, 5) is 0. The molecule has 1 rings (SSSR count). The molecule has 0 fully saturated rings. The van der Waals surface area contributed by atoms with Crippen molar-refractivity contribution in [2.75, 3.05) is 0 Å². The van der Waals surface area contributed by atoms with Crippen molar-refractivity contribution in [3.05, 3.63) is 24.3 Å². The van der Waals surface area contributed by atoms with Crippen molar-refractivity contribution in [3.8, 4) is 6.07 Å². The molecule has 0 aromatic heterocycles. The summed E-state index contributed by atoms with van der Waals surface area (Å²) in [6, 6.07) is 2.43. The number of nitrogens with zero attached hydrogens (tertiary/aromatic N) is 1. The molecule has 1 nitrogen and oxygen atoms in total. The van der Waals surface area contributed by atoms with Crippen LogP contribution in [0, 0.1) is 40.9 Å². The first-order valence-electron chi connectivity index (χ1n) is 7.65. The predicted molar refractivity (Wildman–Crippen MR) is 82.5 cm³/mol. The van der Waals surface area contributed by atoms with Crippen LogP contribution >= 0.6 is 0 Å². The van der Waals surface area contributed by atoms with E-state index in [0.717, 1.165) is 12.8 Å². The number of hydrogen-bond donors (Lipinski definition) is 0. The van der Waals surface area contributed by atoms with Gasteiger partial charge in [-0.15, -0.1) is 6.58 Å². The molecule has 0 amide bonds. The van der Waals surface area contributed by atoms with Crippen molar-refractivity contribution in [1.82, 2.24) is 0 Å². The first-order valence-corrected chi connectivity index (χ1v) is 7.65. The maximum absolute atomic E-state index is 9.17. The van der Waals surface area contributed by atoms with Gasteiger partial charge in [-0.05, 0) is 55.8 Å². The third kappa shape index (κ3) is 4.23. The van der Waals surface area contributed by atoms with Gasteiger partial charge in [-0.2, -0.15) is 5.26 Å². The van der Waals surface area contributed by atoms with Crippen molar-refractivity contribution in [2.45, 2.75) is 53.4 Å². The summed E-state index contributed by atoms with van der Waals surface area (Å²) < 4.78 is 0. The molecule has 0 saturated heterocycles. The Balaban J connectivity index is 2.88. The Bertz CT molecular complexity index is 358. The highest BCUT2D eigenvalue weighted by molar-refractivity contribution is 5.13. The van der Waals surface area contributed by atoms with E-state index >= 15 is 0 Å². The minimum Gasteiger partial charge on any atom is -0.198 e. The Morgan fingerprint density at radius 2 is 2.16 bits per heavy atom. The van der Waals surface area contributed by atoms with Crippen LogP contribution in [0.1, 0.15) is 53.4 Å². The van der Waals surface area contributed by atoms with Gasteiger partial charge in [-0.25, -0.2) is 0 Å². The summed E-state index contributed by atoms with van der Waals surface area (Å²) in [6.45, 7) is 13.0. The first-order chi connectivity index (χ1) is 9.01. The van der Waals surface area contributed by atoms with Gasteiger partial charge in [-0.3, -0.25) is 0 Å². The molecule has 0 N–H and O–H groups in total. The Hall–Kier alpha value is -1.03. The van der Waals surface area contributed by atoms with E-state index in [-0.39, 0.29) is 0 Å². The molecule has 0 saturated carbocycles. The van der Waals surface area contributed by atoms with Gasteiger partial charge in [0.2, 0.25) is 0 Å². The fourth-order valence-corrected chi connectivity index (χ4v) is 3.62. The Morgan fingerprint density at radius 3 is 2.68 bits per heavy atom. The quantitative estimate of drug-likeness (QED) is 0.589. The highest BCUT2D eigenvalue weighted by Crippen LogP contribution is 2.43. The fraction of sp³-hybridized carbons (Fsp3) is 0.722. The molecule has 0 radical (unpaired) electrons. The Labute approximate surface area is 119 Å². The number of nitriles is 1. The van der Waals surface area contributed by atoms with E-state index in [1.165, 1.54) is 12.0 Å². The first kappa shape index (κ1) is 16.0. The van der Waals surface area contributed by atoms with Crippen LogP contribution in [-0.4, -0.2) is 0 Å². The summed E-state index contributed by atoms with van der Waals surface area (Å²) in [5.41, 5.74) is 1.51. The minimum atomic E-state index is 0.544. The Morgan fingerprint density at radius 1 is 1.47 bits per heavy atom. The second-order valence-electron chi connectivity index (χ2n) is 6.59. The highest BCUT2D eigenvalue weighted by Gasteiger charge is 2.35. The standard InChI is InChI=1S/C18H29N/c1-6-7-14(4)12-18-15(5)8-9-16(13(2)3)17(18)10-11-19/h6,8,13-14,16-18H,1,7,9-10,12H2,2-5H3/t14?,16-,17-,18+/m1/s1. The minimum absolute atomic E-state index is 0.544. The SMILES string of the molecule is C=CCC(C)C[C@H]1C(C)=CC[C@H](C(C)C)[C@H]1CC#N. The van der Waals surface area contributed by atoms with Gasteiger partial charge in [0.05, 0.1) is 6.07 Å². The molecule has 0 spiro atoms. The molecule has 0 aromatic carbocycles. The van der Waals surface area contributed by atoms with Crippen LogP contribution in [0.2, 0.25) is 0 Å². The third-order valence-corrected chi connectivity index (χ3v) is 4.77. The number of hydrogen-bond acceptors (Lipinski definition) is 1. The van der Waals surface area contributed by atoms with Gasteiger partial charge in [0.25, 0.3) is 0 Å². The normalized spacial score (nSPS) is 28.6. The molecule has 0 heterocycles. The van der Waals surface area contributed by atoms with Crippen molar-refractivity contribution < 1.29 is 0 Å². The molecule has 4 atom stereocenters. The van der Waals surface area contributed by atoms with E-state index < -0.39 is 0 Å². The van der Waals surface area contributed by atoms with Crippen molar-refractivity contribution in [2.24, 2.45) is 29.6 Å². The second-order valence-corrected chi connectivity index (χ2v) is 6.59. The summed E-state index contributed by atoms with van der Waals surface area (Å²) >= 11 is 0. The zero-order valence-electron chi connectivity index (χ0n) is 13.0. The number of rotatable bonds is 6. The topological polar surface area (TPSA) is 23.8 Å². The van der Waals surface area contributed by atoms with Crippen LogP contribution in [0.15, 0.2) is 24.3 Å². The van der Waals surface area contributed by atoms with Crippen LogP contribution in [0.25, 0.3) is 0 Å². The van der Waals surface area contributed by atoms with Crippen LogP contribution < -0.4 is 0 Å². The van der Waals surface area contributed by atoms with Gasteiger partial charge >= 0.3 is 0 Å². The van der Waals surface area contributed by atoms with Crippen LogP contribution in [-0.2, 0) is 0 Å². The average Bonchev–Trinajstić information content (AvgIpc) is 2.34. The monoisotopic (exact) mass is 259 g/mol. The van der Waals surface area contributed by atoms with Crippen molar-refractivity contribution in [3.63, 3.8) is 0 Å². The van der Waals surface area contributed by atoms with E-state index in [4.69, 9.17) is 0 Å². The summed E-state index contributed by atoms with van der Waals surface area (Å²) in [5, 5.41) is 9.17. The summed E-state index contributed by atoms with van der Waals surface area (Å²) in [7, 11) is 0. The van der Waals surface area contributed by atoms with E-state index in [1.54, 1.807) is 0 Å². The maximum Gasteiger partial charge on any atom is 0.0625 e. The zero-order valence-corrected chi connectivity index (χ0v) is 13.0. The highest BCUT2D eigenvalue weighted by atomic mass is 14.4. The van der Waals surface area contributed by atoms with E-state index in [0.29, 0.717) is 36.0 Å². The molecule has 0 aliphatic heterocycles. The smallest absolute Gasteiger partial charge is 0.0625 e. The van der Waals surface area contributed by atoms with Gasteiger partial charge in [-0.1, -0.05) is 38.5 Å². The lowest BCUT2D eigenvalue weighted by molar-refractivity contribution is 0.167. The fourth-order valence-electron chi connectivity index (χ4n) is 3.62. The lowest BCUT2D eigenvalue weighted by Gasteiger charge is -2.40. The van der Waals surface area contributed by atoms with E-state index in [2.05, 4.69) is 46.4 Å². The molecule has 0 aromatic rings. The zero-order chi connectivity index (χ0) is 14.4. The van der Waals surface area contributed by atoms with Gasteiger partial charge < -0.3 is 0 Å². The molecule has 1 heteroatoms. The predicted octanol–water partition coefficient (Wildman–Crippen LogP) is 5.36. The van der Waals surface area contributed by atoms with Crippen molar-refractivity contribution in [1.29, 1.82) is 5.26 Å². The molecule has 1 aliphatic rings. The summed E-state index contributed by atoms with van der Waals surface area (Å²) in [5.74, 6) is 3.14. The molecular formula is C18H29N. The third-order valence-electron chi connectivity index (χ3n) is 4.77. The molecular weight excluding hydrogens is 230 g/mol. The van der Waals surface area contributed by atoms with Crippen molar-refractivity contribution >= 4 is 0 Å². The lowest BCUT2D eigenvalue weighted by atomic mass is 9.65. The maximum atomic E-state index is 9.17. The van der Waals surface area contributed by atoms with Crippen LogP contribution in [0.5, 0.6) is 0 Å². The molecule has 1 aliphatic carbocycles. The number of allylic oxidation sites excluding steroid dienone is 3. The lowest BCUT2D eigenvalue weighted by Crippen LogP contribution is -2.32. The summed E-state index contributed by atoms with van der Waals surface area (Å²) in [6.07, 6.45) is 8.58. The van der Waals surface area contributed by atoms with Gasteiger partial charge in [0, 0.05) is 6.42 Å². The molecule has 1 unspecified atom stereocenters. The van der Waals surface area contributed by atoms with E-state index in [1.807, 2.05) is 6.08 Å². The van der Waals surface area contributed by atoms with Crippen LogP contribution in [0.4, 0.5) is 0 Å².